The predicted molar refractivity (Wildman–Crippen MR) is 70.7 cm³/mol. The van der Waals surface area contributed by atoms with Crippen molar-refractivity contribution in [2.24, 2.45) is 0 Å². The van der Waals surface area contributed by atoms with Crippen LogP contribution in [0, 0.1) is 18.6 Å². The molecule has 1 aromatic heterocycles. The molecule has 6 nitrogen and oxygen atoms in total. The van der Waals surface area contributed by atoms with Gasteiger partial charge in [0, 0.05) is 16.4 Å². The average molecular weight is 336 g/mol. The number of carbonyl (C=O) groups is 1. The fourth-order valence-electron chi connectivity index (χ4n) is 1.57. The molecule has 2 N–H and O–H groups in total. The standard InChI is InChI=1S/C11H8ClF2N3O3S/c1-5-7(4-15-17-5)11(18)16-10-8(13)2-6(3-9(10)14)21(12,19)20/h2-4H,1H3,(H,15,17)(H,16,18). The largest absolute Gasteiger partial charge is 0.317 e. The number of H-pyrrole nitrogens is 1. The lowest BCUT2D eigenvalue weighted by atomic mass is 10.2. The molecule has 0 radical (unpaired) electrons. The van der Waals surface area contributed by atoms with Crippen LogP contribution in [0.2, 0.25) is 0 Å². The van der Waals surface area contributed by atoms with Gasteiger partial charge in [-0.3, -0.25) is 9.89 Å². The van der Waals surface area contributed by atoms with E-state index in [2.05, 4.69) is 10.2 Å². The lowest BCUT2D eigenvalue weighted by molar-refractivity contribution is 0.102. The molecule has 1 amide bonds. The van der Waals surface area contributed by atoms with Crippen molar-refractivity contribution in [2.45, 2.75) is 11.8 Å². The summed E-state index contributed by atoms with van der Waals surface area (Å²) in [6, 6.07) is 1.03. The first-order chi connectivity index (χ1) is 9.70. The van der Waals surface area contributed by atoms with Crippen LogP contribution in [0.3, 0.4) is 0 Å². The third-order valence-electron chi connectivity index (χ3n) is 2.61. The fraction of sp³-hybridized carbons (Fsp3) is 0.0909. The van der Waals surface area contributed by atoms with Crippen molar-refractivity contribution in [3.05, 3.63) is 41.2 Å². The summed E-state index contributed by atoms with van der Waals surface area (Å²) in [5.41, 5.74) is -0.263. The molecule has 2 rings (SSSR count). The van der Waals surface area contributed by atoms with Crippen LogP contribution in [0.1, 0.15) is 16.1 Å². The first kappa shape index (κ1) is 15.4. The highest BCUT2D eigenvalue weighted by Gasteiger charge is 2.20. The van der Waals surface area contributed by atoms with Crippen molar-refractivity contribution in [3.63, 3.8) is 0 Å². The molecule has 0 saturated carbocycles. The van der Waals surface area contributed by atoms with Crippen molar-refractivity contribution < 1.29 is 22.0 Å². The Kier molecular flexibility index (Phi) is 3.97. The average Bonchev–Trinajstić information content (AvgIpc) is 2.78. The maximum atomic E-state index is 13.7. The quantitative estimate of drug-likeness (QED) is 0.841. The molecule has 0 fully saturated rings. The minimum Gasteiger partial charge on any atom is -0.317 e. The number of anilines is 1. The van der Waals surface area contributed by atoms with E-state index in [0.717, 1.165) is 0 Å². The summed E-state index contributed by atoms with van der Waals surface area (Å²) in [7, 11) is 0.723. The van der Waals surface area contributed by atoms with Crippen molar-refractivity contribution >= 4 is 31.3 Å². The molecule has 21 heavy (non-hydrogen) atoms. The number of rotatable bonds is 3. The summed E-state index contributed by atoms with van der Waals surface area (Å²) in [5.74, 6) is -3.31. The van der Waals surface area contributed by atoms with E-state index in [1.54, 1.807) is 6.92 Å². The van der Waals surface area contributed by atoms with Gasteiger partial charge in [-0.2, -0.15) is 5.10 Å². The van der Waals surface area contributed by atoms with Gasteiger partial charge in [0.25, 0.3) is 15.0 Å². The molecule has 1 heterocycles. The molecule has 0 spiro atoms. The van der Waals surface area contributed by atoms with Crippen LogP contribution in [0.15, 0.2) is 23.2 Å². The molecule has 0 saturated heterocycles. The monoisotopic (exact) mass is 335 g/mol. The molecule has 1 aromatic carbocycles. The number of aryl methyl sites for hydroxylation is 1. The molecule has 0 unspecified atom stereocenters. The van der Waals surface area contributed by atoms with Gasteiger partial charge in [-0.25, -0.2) is 17.2 Å². The van der Waals surface area contributed by atoms with E-state index in [1.807, 2.05) is 5.32 Å². The summed E-state index contributed by atoms with van der Waals surface area (Å²) in [6.45, 7) is 1.55. The van der Waals surface area contributed by atoms with Crippen LogP contribution in [-0.2, 0) is 9.05 Å². The van der Waals surface area contributed by atoms with Crippen molar-refractivity contribution in [1.82, 2.24) is 10.2 Å². The Morgan fingerprint density at radius 3 is 2.33 bits per heavy atom. The number of nitrogens with zero attached hydrogens (tertiary/aromatic N) is 1. The molecule has 0 aliphatic rings. The summed E-state index contributed by atoms with van der Waals surface area (Å²) in [5, 5.41) is 8.12. The van der Waals surface area contributed by atoms with Gasteiger partial charge < -0.3 is 5.32 Å². The van der Waals surface area contributed by atoms with Crippen LogP contribution < -0.4 is 5.32 Å². The number of amides is 1. The third kappa shape index (κ3) is 3.19. The molecule has 0 aliphatic carbocycles. The molecule has 2 aromatic rings. The van der Waals surface area contributed by atoms with Gasteiger partial charge in [0.2, 0.25) is 0 Å². The summed E-state index contributed by atoms with van der Waals surface area (Å²) < 4.78 is 49.6. The lowest BCUT2D eigenvalue weighted by Gasteiger charge is -2.08. The number of nitrogens with one attached hydrogen (secondary N) is 2. The van der Waals surface area contributed by atoms with Crippen molar-refractivity contribution in [2.75, 3.05) is 5.32 Å². The number of carbonyl (C=O) groups excluding carboxylic acids is 1. The second kappa shape index (κ2) is 5.41. The van der Waals surface area contributed by atoms with Crippen molar-refractivity contribution in [3.8, 4) is 0 Å². The zero-order valence-electron chi connectivity index (χ0n) is 10.4. The van der Waals surface area contributed by atoms with Crippen LogP contribution in [0.25, 0.3) is 0 Å². The molecule has 0 aliphatic heterocycles. The highest BCUT2D eigenvalue weighted by Crippen LogP contribution is 2.25. The van der Waals surface area contributed by atoms with Gasteiger partial charge in [-0.15, -0.1) is 0 Å². The number of aromatic nitrogens is 2. The molecule has 0 atom stereocenters. The maximum Gasteiger partial charge on any atom is 0.261 e. The predicted octanol–water partition coefficient (Wildman–Crippen LogP) is 2.18. The van der Waals surface area contributed by atoms with Crippen LogP contribution >= 0.6 is 10.7 Å². The first-order valence-corrected chi connectivity index (χ1v) is 7.76. The van der Waals surface area contributed by atoms with Gasteiger partial charge >= 0.3 is 0 Å². The van der Waals surface area contributed by atoms with E-state index < -0.39 is 37.2 Å². The first-order valence-electron chi connectivity index (χ1n) is 5.45. The normalized spacial score (nSPS) is 11.4. The van der Waals surface area contributed by atoms with Gasteiger partial charge in [0.15, 0.2) is 11.6 Å². The van der Waals surface area contributed by atoms with Crippen molar-refractivity contribution in [1.29, 1.82) is 0 Å². The highest BCUT2D eigenvalue weighted by molar-refractivity contribution is 8.13. The van der Waals surface area contributed by atoms with E-state index in [0.29, 0.717) is 17.8 Å². The number of halogens is 3. The summed E-state index contributed by atoms with van der Waals surface area (Å²) in [6.07, 6.45) is 1.19. The molecule has 112 valence electrons. The topological polar surface area (TPSA) is 91.9 Å². The SMILES string of the molecule is Cc1[nH]ncc1C(=O)Nc1c(F)cc(S(=O)(=O)Cl)cc1F. The van der Waals surface area contributed by atoms with E-state index in [4.69, 9.17) is 10.7 Å². The Labute approximate surface area is 122 Å². The Balaban J connectivity index is 2.38. The summed E-state index contributed by atoms with van der Waals surface area (Å²) in [4.78, 5) is 11.1. The maximum absolute atomic E-state index is 13.7. The van der Waals surface area contributed by atoms with Crippen LogP contribution in [0.5, 0.6) is 0 Å². The molecule has 10 heteroatoms. The van der Waals surface area contributed by atoms with Gasteiger partial charge in [0.1, 0.15) is 5.69 Å². The number of hydrogen-bond acceptors (Lipinski definition) is 4. The molecular formula is C11H8ClF2N3O3S. The second-order valence-corrected chi connectivity index (χ2v) is 6.63. The Hall–Kier alpha value is -2.00. The van der Waals surface area contributed by atoms with E-state index in [9.17, 15) is 22.0 Å². The second-order valence-electron chi connectivity index (χ2n) is 4.06. The van der Waals surface area contributed by atoms with Gasteiger partial charge in [0.05, 0.1) is 16.7 Å². The van der Waals surface area contributed by atoms with Crippen LogP contribution in [-0.4, -0.2) is 24.5 Å². The zero-order chi connectivity index (χ0) is 15.8. The number of benzene rings is 1. The summed E-state index contributed by atoms with van der Waals surface area (Å²) >= 11 is 0. The molecule has 0 bridgehead atoms. The molecular weight excluding hydrogens is 328 g/mol. The van der Waals surface area contributed by atoms with E-state index >= 15 is 0 Å². The minimum atomic E-state index is -4.28. The van der Waals surface area contributed by atoms with E-state index in [-0.39, 0.29) is 5.56 Å². The highest BCUT2D eigenvalue weighted by atomic mass is 35.7. The number of hydrogen-bond donors (Lipinski definition) is 2. The lowest BCUT2D eigenvalue weighted by Crippen LogP contribution is -2.15. The fourth-order valence-corrected chi connectivity index (χ4v) is 2.33. The van der Waals surface area contributed by atoms with E-state index in [1.165, 1.54) is 6.20 Å². The Bertz CT molecular complexity index is 797. The minimum absolute atomic E-state index is 0.0999. The van der Waals surface area contributed by atoms with Gasteiger partial charge in [-0.1, -0.05) is 0 Å². The Morgan fingerprint density at radius 1 is 1.33 bits per heavy atom. The third-order valence-corrected chi connectivity index (χ3v) is 3.94. The number of aromatic amines is 1. The van der Waals surface area contributed by atoms with Crippen LogP contribution in [0.4, 0.5) is 14.5 Å². The van der Waals surface area contributed by atoms with Gasteiger partial charge in [-0.05, 0) is 19.1 Å². The smallest absolute Gasteiger partial charge is 0.261 e. The zero-order valence-corrected chi connectivity index (χ0v) is 12.0. The Morgan fingerprint density at radius 2 is 1.90 bits per heavy atom.